The average Bonchev–Trinajstić information content (AvgIpc) is 2.90. The van der Waals surface area contributed by atoms with Crippen LogP contribution in [0.2, 0.25) is 0 Å². The number of aliphatic hydroxyl groups is 1. The van der Waals surface area contributed by atoms with Crippen molar-refractivity contribution in [1.29, 1.82) is 0 Å². The molecule has 0 aliphatic rings. The predicted molar refractivity (Wildman–Crippen MR) is 71.3 cm³/mol. The first-order valence-corrected chi connectivity index (χ1v) is 7.50. The summed E-state index contributed by atoms with van der Waals surface area (Å²) in [6, 6.07) is 1.33. The minimum atomic E-state index is -3.68. The highest BCUT2D eigenvalue weighted by Gasteiger charge is 2.21. The molecule has 2 aromatic heterocycles. The summed E-state index contributed by atoms with van der Waals surface area (Å²) in [5, 5.41) is 13.1. The summed E-state index contributed by atoms with van der Waals surface area (Å²) in [5.74, 6) is 0.477. The van der Waals surface area contributed by atoms with Crippen LogP contribution in [-0.2, 0) is 30.2 Å². The number of aliphatic hydroxyl groups excluding tert-OH is 1. The van der Waals surface area contributed by atoms with Gasteiger partial charge in [-0.05, 0) is 13.8 Å². The lowest BCUT2D eigenvalue weighted by atomic mass is 10.3. The fourth-order valence-electron chi connectivity index (χ4n) is 1.94. The van der Waals surface area contributed by atoms with Crippen molar-refractivity contribution in [1.82, 2.24) is 14.5 Å². The van der Waals surface area contributed by atoms with Gasteiger partial charge in [0.1, 0.15) is 23.0 Å². The Kier molecular flexibility index (Phi) is 3.98. The topological polar surface area (TPSA) is 97.4 Å². The van der Waals surface area contributed by atoms with E-state index in [0.29, 0.717) is 0 Å². The van der Waals surface area contributed by atoms with Crippen LogP contribution < -0.4 is 4.72 Å². The molecule has 0 bridgehead atoms. The van der Waals surface area contributed by atoms with E-state index in [2.05, 4.69) is 9.82 Å². The van der Waals surface area contributed by atoms with E-state index in [9.17, 15) is 8.42 Å². The highest BCUT2D eigenvalue weighted by atomic mass is 32.2. The summed E-state index contributed by atoms with van der Waals surface area (Å²) < 4.78 is 33.7. The molecule has 0 radical (unpaired) electrons. The number of hydrogen-bond donors (Lipinski definition) is 2. The summed E-state index contributed by atoms with van der Waals surface area (Å²) in [5.41, 5.74) is 1.58. The molecular weight excluding hydrogens is 282 g/mol. The smallest absolute Gasteiger partial charge is 0.244 e. The van der Waals surface area contributed by atoms with E-state index >= 15 is 0 Å². The lowest BCUT2D eigenvalue weighted by Gasteiger charge is -2.04. The van der Waals surface area contributed by atoms with Gasteiger partial charge in [0, 0.05) is 31.4 Å². The minimum Gasteiger partial charge on any atom is -0.462 e. The van der Waals surface area contributed by atoms with Crippen molar-refractivity contribution in [3.8, 4) is 0 Å². The Hall–Kier alpha value is -1.64. The Morgan fingerprint density at radius 3 is 2.65 bits per heavy atom. The third-order valence-electron chi connectivity index (χ3n) is 2.94. The van der Waals surface area contributed by atoms with Crippen molar-refractivity contribution in [2.75, 3.05) is 0 Å². The second-order valence-corrected chi connectivity index (χ2v) is 6.26. The first kappa shape index (κ1) is 14.8. The molecule has 0 saturated heterocycles. The largest absolute Gasteiger partial charge is 0.462 e. The Bertz CT molecular complexity index is 715. The number of aromatic nitrogens is 2. The highest BCUT2D eigenvalue weighted by Crippen LogP contribution is 2.20. The highest BCUT2D eigenvalue weighted by molar-refractivity contribution is 7.89. The molecule has 2 N–H and O–H groups in total. The number of nitrogens with one attached hydrogen (secondary N) is 1. The van der Waals surface area contributed by atoms with Crippen LogP contribution in [0.5, 0.6) is 0 Å². The van der Waals surface area contributed by atoms with E-state index in [1.54, 1.807) is 24.9 Å². The third-order valence-corrected chi connectivity index (χ3v) is 4.45. The summed E-state index contributed by atoms with van der Waals surface area (Å²) in [6.07, 6.45) is 1.76. The van der Waals surface area contributed by atoms with Crippen LogP contribution in [0.25, 0.3) is 0 Å². The molecule has 110 valence electrons. The van der Waals surface area contributed by atoms with Gasteiger partial charge in [0.05, 0.1) is 5.69 Å². The average molecular weight is 299 g/mol. The van der Waals surface area contributed by atoms with Gasteiger partial charge in [-0.2, -0.15) is 5.10 Å². The predicted octanol–water partition coefficient (Wildman–Crippen LogP) is 0.601. The monoisotopic (exact) mass is 299 g/mol. The molecule has 0 atom stereocenters. The summed E-state index contributed by atoms with van der Waals surface area (Å²) >= 11 is 0. The van der Waals surface area contributed by atoms with Crippen LogP contribution in [-0.4, -0.2) is 23.3 Å². The molecule has 0 aliphatic carbocycles. The van der Waals surface area contributed by atoms with Gasteiger partial charge in [0.2, 0.25) is 10.0 Å². The Morgan fingerprint density at radius 2 is 2.15 bits per heavy atom. The second kappa shape index (κ2) is 5.39. The van der Waals surface area contributed by atoms with Gasteiger partial charge in [-0.25, -0.2) is 13.1 Å². The van der Waals surface area contributed by atoms with Gasteiger partial charge in [0.25, 0.3) is 0 Å². The number of furan rings is 1. The van der Waals surface area contributed by atoms with E-state index in [0.717, 1.165) is 11.3 Å². The molecule has 20 heavy (non-hydrogen) atoms. The van der Waals surface area contributed by atoms with Gasteiger partial charge >= 0.3 is 0 Å². The molecule has 0 unspecified atom stereocenters. The number of sulfonamides is 1. The normalized spacial score (nSPS) is 12.0. The molecule has 7 nitrogen and oxygen atoms in total. The maximum absolute atomic E-state index is 12.2. The van der Waals surface area contributed by atoms with Gasteiger partial charge in [0.15, 0.2) is 0 Å². The van der Waals surface area contributed by atoms with Crippen LogP contribution in [0.15, 0.2) is 21.6 Å². The number of hydrogen-bond acceptors (Lipinski definition) is 5. The summed E-state index contributed by atoms with van der Waals surface area (Å²) in [4.78, 5) is 0.0445. The molecule has 2 heterocycles. The van der Waals surface area contributed by atoms with E-state index < -0.39 is 10.0 Å². The third kappa shape index (κ3) is 2.92. The first-order chi connectivity index (χ1) is 9.33. The van der Waals surface area contributed by atoms with Crippen molar-refractivity contribution < 1.29 is 17.9 Å². The quantitative estimate of drug-likeness (QED) is 0.842. The molecule has 2 aromatic rings. The van der Waals surface area contributed by atoms with Crippen LogP contribution >= 0.6 is 0 Å². The van der Waals surface area contributed by atoms with Crippen LogP contribution in [0.3, 0.4) is 0 Å². The van der Waals surface area contributed by atoms with Crippen molar-refractivity contribution >= 4 is 10.0 Å². The van der Waals surface area contributed by atoms with Gasteiger partial charge in [-0.1, -0.05) is 0 Å². The molecule has 0 aromatic carbocycles. The van der Waals surface area contributed by atoms with Gasteiger partial charge in [-0.3, -0.25) is 4.68 Å². The zero-order valence-electron chi connectivity index (χ0n) is 11.5. The summed E-state index contributed by atoms with van der Waals surface area (Å²) in [7, 11) is -1.90. The molecule has 2 rings (SSSR count). The lowest BCUT2D eigenvalue weighted by molar-refractivity contribution is 0.244. The molecule has 0 aliphatic heterocycles. The van der Waals surface area contributed by atoms with E-state index in [1.165, 1.54) is 6.07 Å². The van der Waals surface area contributed by atoms with Crippen LogP contribution in [0.4, 0.5) is 0 Å². The maximum Gasteiger partial charge on any atom is 0.244 e. The van der Waals surface area contributed by atoms with Gasteiger partial charge in [-0.15, -0.1) is 0 Å². The molecule has 0 saturated carbocycles. The van der Waals surface area contributed by atoms with E-state index in [1.807, 2.05) is 6.92 Å². The van der Waals surface area contributed by atoms with E-state index in [4.69, 9.17) is 9.52 Å². The number of aryl methyl sites for hydroxylation is 3. The van der Waals surface area contributed by atoms with Crippen LogP contribution in [0.1, 0.15) is 22.8 Å². The minimum absolute atomic E-state index is 0.0445. The number of rotatable bonds is 5. The summed E-state index contributed by atoms with van der Waals surface area (Å²) in [6.45, 7) is 3.18. The second-order valence-electron chi connectivity index (χ2n) is 4.53. The lowest BCUT2D eigenvalue weighted by Crippen LogP contribution is -2.23. The Balaban J connectivity index is 2.19. The van der Waals surface area contributed by atoms with Crippen LogP contribution in [0, 0.1) is 13.8 Å². The van der Waals surface area contributed by atoms with Gasteiger partial charge < -0.3 is 9.52 Å². The Labute approximate surface area is 117 Å². The van der Waals surface area contributed by atoms with E-state index in [-0.39, 0.29) is 29.6 Å². The molecule has 0 spiro atoms. The fraction of sp³-hybridized carbons (Fsp3) is 0.417. The molecule has 0 amide bonds. The van der Waals surface area contributed by atoms with Crippen molar-refractivity contribution in [2.24, 2.45) is 7.05 Å². The molecule has 0 fully saturated rings. The van der Waals surface area contributed by atoms with Crippen molar-refractivity contribution in [3.63, 3.8) is 0 Å². The zero-order valence-corrected chi connectivity index (χ0v) is 12.4. The first-order valence-electron chi connectivity index (χ1n) is 6.02. The van der Waals surface area contributed by atoms with Crippen molar-refractivity contribution in [3.05, 3.63) is 35.0 Å². The standard InChI is InChI=1S/C12H17N3O4S/c1-8-10(6-15(3)14-8)5-13-20(17,18)12-4-11(7-16)19-9(12)2/h4,6,13,16H,5,7H2,1-3H3. The molecule has 8 heteroatoms. The Morgan fingerprint density at radius 1 is 1.45 bits per heavy atom. The van der Waals surface area contributed by atoms with Crippen molar-refractivity contribution in [2.45, 2.75) is 31.9 Å². The number of nitrogens with zero attached hydrogens (tertiary/aromatic N) is 2. The molecular formula is C12H17N3O4S. The SMILES string of the molecule is Cc1nn(C)cc1CNS(=O)(=O)c1cc(CO)oc1C. The zero-order chi connectivity index (χ0) is 14.9. The maximum atomic E-state index is 12.2. The fourth-order valence-corrected chi connectivity index (χ4v) is 3.15.